The maximum Gasteiger partial charge on any atom is 0.137 e. The van der Waals surface area contributed by atoms with Crippen LogP contribution in [0, 0.1) is 5.92 Å². The minimum Gasteiger partial charge on any atom is -0.393 e. The first-order valence-corrected chi connectivity index (χ1v) is 6.12. The first-order valence-electron chi connectivity index (χ1n) is 6.12. The molecule has 1 aliphatic rings. The second-order valence-corrected chi connectivity index (χ2v) is 4.82. The van der Waals surface area contributed by atoms with Gasteiger partial charge in [0.25, 0.3) is 0 Å². The van der Waals surface area contributed by atoms with Crippen molar-refractivity contribution >= 4 is 5.65 Å². The fourth-order valence-corrected chi connectivity index (χ4v) is 2.34. The van der Waals surface area contributed by atoms with Crippen molar-refractivity contribution in [2.45, 2.75) is 25.5 Å². The van der Waals surface area contributed by atoms with Gasteiger partial charge in [-0.15, -0.1) is 0 Å². The van der Waals surface area contributed by atoms with Crippen molar-refractivity contribution in [3.05, 3.63) is 36.3 Å². The second kappa shape index (κ2) is 4.47. The smallest absolute Gasteiger partial charge is 0.137 e. The molecule has 1 fully saturated rings. The SMILES string of the molecule is OC1CC(CNCc2cn3ccccc3n2)C1. The van der Waals surface area contributed by atoms with E-state index in [1.807, 2.05) is 28.8 Å². The van der Waals surface area contributed by atoms with Crippen molar-refractivity contribution in [3.63, 3.8) is 0 Å². The van der Waals surface area contributed by atoms with Crippen LogP contribution in [-0.2, 0) is 6.54 Å². The van der Waals surface area contributed by atoms with Gasteiger partial charge in [-0.05, 0) is 37.4 Å². The zero-order valence-electron chi connectivity index (χ0n) is 9.71. The minimum atomic E-state index is -0.0583. The Balaban J connectivity index is 1.54. The molecule has 0 saturated heterocycles. The summed E-state index contributed by atoms with van der Waals surface area (Å²) in [6.45, 7) is 1.78. The Morgan fingerprint density at radius 1 is 1.41 bits per heavy atom. The van der Waals surface area contributed by atoms with Crippen molar-refractivity contribution in [1.29, 1.82) is 0 Å². The molecular formula is C13H17N3O. The lowest BCUT2D eigenvalue weighted by atomic mass is 9.82. The Hall–Kier alpha value is -1.39. The Bertz CT molecular complexity index is 469. The average Bonchev–Trinajstić information content (AvgIpc) is 2.69. The highest BCUT2D eigenvalue weighted by molar-refractivity contribution is 5.39. The molecule has 1 aliphatic carbocycles. The maximum absolute atomic E-state index is 9.19. The molecule has 2 heterocycles. The van der Waals surface area contributed by atoms with Gasteiger partial charge < -0.3 is 14.8 Å². The van der Waals surface area contributed by atoms with Crippen molar-refractivity contribution in [2.24, 2.45) is 5.92 Å². The van der Waals surface area contributed by atoms with Crippen LogP contribution in [0.25, 0.3) is 5.65 Å². The summed E-state index contributed by atoms with van der Waals surface area (Å²) in [7, 11) is 0. The van der Waals surface area contributed by atoms with E-state index in [0.29, 0.717) is 5.92 Å². The largest absolute Gasteiger partial charge is 0.393 e. The molecule has 17 heavy (non-hydrogen) atoms. The van der Waals surface area contributed by atoms with E-state index in [1.165, 1.54) is 0 Å². The molecule has 0 aliphatic heterocycles. The third-order valence-corrected chi connectivity index (χ3v) is 3.36. The third kappa shape index (κ3) is 2.33. The lowest BCUT2D eigenvalue weighted by Gasteiger charge is -2.31. The zero-order valence-corrected chi connectivity index (χ0v) is 9.71. The molecule has 90 valence electrons. The van der Waals surface area contributed by atoms with Crippen molar-refractivity contribution in [1.82, 2.24) is 14.7 Å². The third-order valence-electron chi connectivity index (χ3n) is 3.36. The highest BCUT2D eigenvalue weighted by Crippen LogP contribution is 2.26. The molecule has 0 amide bonds. The molecule has 0 atom stereocenters. The van der Waals surface area contributed by atoms with Gasteiger partial charge in [-0.3, -0.25) is 0 Å². The number of hydrogen-bond donors (Lipinski definition) is 2. The van der Waals surface area contributed by atoms with E-state index in [9.17, 15) is 5.11 Å². The molecule has 0 spiro atoms. The number of nitrogens with zero attached hydrogens (tertiary/aromatic N) is 2. The van der Waals surface area contributed by atoms with Crippen LogP contribution in [0.4, 0.5) is 0 Å². The number of nitrogens with one attached hydrogen (secondary N) is 1. The first kappa shape index (κ1) is 10.7. The molecule has 2 aromatic rings. The topological polar surface area (TPSA) is 49.6 Å². The molecule has 3 rings (SSSR count). The Morgan fingerprint density at radius 3 is 3.06 bits per heavy atom. The maximum atomic E-state index is 9.19. The van der Waals surface area contributed by atoms with Crippen LogP contribution in [0.5, 0.6) is 0 Å². The summed E-state index contributed by atoms with van der Waals surface area (Å²) in [5.41, 5.74) is 2.06. The number of pyridine rings is 1. The van der Waals surface area contributed by atoms with Gasteiger partial charge in [0.05, 0.1) is 11.8 Å². The number of aliphatic hydroxyl groups is 1. The predicted octanol–water partition coefficient (Wildman–Crippen LogP) is 1.19. The van der Waals surface area contributed by atoms with Crippen LogP contribution >= 0.6 is 0 Å². The molecule has 2 aromatic heterocycles. The number of fused-ring (bicyclic) bond motifs is 1. The zero-order chi connectivity index (χ0) is 11.7. The molecule has 1 saturated carbocycles. The van der Waals surface area contributed by atoms with Crippen molar-refractivity contribution in [2.75, 3.05) is 6.54 Å². The number of imidazole rings is 1. The number of aromatic nitrogens is 2. The van der Waals surface area contributed by atoms with E-state index in [1.54, 1.807) is 0 Å². The van der Waals surface area contributed by atoms with E-state index in [-0.39, 0.29) is 6.10 Å². The fourth-order valence-electron chi connectivity index (χ4n) is 2.34. The van der Waals surface area contributed by atoms with E-state index in [4.69, 9.17) is 0 Å². The molecule has 0 aromatic carbocycles. The van der Waals surface area contributed by atoms with E-state index >= 15 is 0 Å². The van der Waals surface area contributed by atoms with Gasteiger partial charge in [-0.1, -0.05) is 6.07 Å². The fraction of sp³-hybridized carbons (Fsp3) is 0.462. The molecular weight excluding hydrogens is 214 g/mol. The van der Waals surface area contributed by atoms with Crippen LogP contribution in [0.3, 0.4) is 0 Å². The molecule has 4 heteroatoms. The van der Waals surface area contributed by atoms with Crippen molar-refractivity contribution in [3.8, 4) is 0 Å². The summed E-state index contributed by atoms with van der Waals surface area (Å²) < 4.78 is 2.03. The lowest BCUT2D eigenvalue weighted by Crippen LogP contribution is -2.35. The number of aliphatic hydroxyl groups excluding tert-OH is 1. The van der Waals surface area contributed by atoms with Gasteiger partial charge in [0.15, 0.2) is 0 Å². The predicted molar refractivity (Wildman–Crippen MR) is 65.6 cm³/mol. The summed E-state index contributed by atoms with van der Waals surface area (Å²) in [5, 5.41) is 12.6. The van der Waals surface area contributed by atoms with Gasteiger partial charge >= 0.3 is 0 Å². The summed E-state index contributed by atoms with van der Waals surface area (Å²) in [4.78, 5) is 4.52. The van der Waals surface area contributed by atoms with Gasteiger partial charge in [-0.2, -0.15) is 0 Å². The normalized spacial score (nSPS) is 23.8. The average molecular weight is 231 g/mol. The number of rotatable bonds is 4. The van der Waals surface area contributed by atoms with Crippen LogP contribution in [0.15, 0.2) is 30.6 Å². The monoisotopic (exact) mass is 231 g/mol. The van der Waals surface area contributed by atoms with Crippen LogP contribution in [0.2, 0.25) is 0 Å². The lowest BCUT2D eigenvalue weighted by molar-refractivity contribution is 0.0429. The standard InChI is InChI=1S/C13H17N3O/c17-12-5-10(6-12)7-14-8-11-9-16-4-2-1-3-13(16)15-11/h1-4,9-10,12,14,17H,5-8H2. The van der Waals surface area contributed by atoms with Crippen molar-refractivity contribution < 1.29 is 5.11 Å². The quantitative estimate of drug-likeness (QED) is 0.831. The summed E-state index contributed by atoms with van der Waals surface area (Å²) >= 11 is 0. The van der Waals surface area contributed by atoms with E-state index in [2.05, 4.69) is 16.5 Å². The Morgan fingerprint density at radius 2 is 2.29 bits per heavy atom. The summed E-state index contributed by atoms with van der Waals surface area (Å²) in [5.74, 6) is 0.641. The Labute approximate surface area is 100 Å². The summed E-state index contributed by atoms with van der Waals surface area (Å²) in [6, 6.07) is 6.00. The van der Waals surface area contributed by atoms with Gasteiger partial charge in [0.2, 0.25) is 0 Å². The van der Waals surface area contributed by atoms with E-state index < -0.39 is 0 Å². The number of hydrogen-bond acceptors (Lipinski definition) is 3. The highest BCUT2D eigenvalue weighted by atomic mass is 16.3. The highest BCUT2D eigenvalue weighted by Gasteiger charge is 2.26. The molecule has 2 N–H and O–H groups in total. The van der Waals surface area contributed by atoms with Crippen LogP contribution < -0.4 is 5.32 Å². The summed E-state index contributed by atoms with van der Waals surface area (Å²) in [6.07, 6.45) is 5.89. The van der Waals surface area contributed by atoms with Crippen LogP contribution in [0.1, 0.15) is 18.5 Å². The van der Waals surface area contributed by atoms with Crippen LogP contribution in [-0.4, -0.2) is 27.1 Å². The second-order valence-electron chi connectivity index (χ2n) is 4.82. The Kier molecular flexibility index (Phi) is 2.82. The molecule has 0 radical (unpaired) electrons. The van der Waals surface area contributed by atoms with Gasteiger partial charge in [-0.25, -0.2) is 4.98 Å². The first-order chi connectivity index (χ1) is 8.31. The van der Waals surface area contributed by atoms with Gasteiger partial charge in [0.1, 0.15) is 5.65 Å². The van der Waals surface area contributed by atoms with Gasteiger partial charge in [0, 0.05) is 18.9 Å². The molecule has 0 unspecified atom stereocenters. The van der Waals surface area contributed by atoms with E-state index in [0.717, 1.165) is 37.3 Å². The minimum absolute atomic E-state index is 0.0583. The molecule has 4 nitrogen and oxygen atoms in total. The molecule has 0 bridgehead atoms.